The smallest absolute Gasteiger partial charge is 0.507 e. The molecule has 34 heavy (non-hydrogen) atoms. The van der Waals surface area contributed by atoms with Crippen LogP contribution in [0.5, 0.6) is 0 Å². The molecule has 1 atom stereocenters. The lowest BCUT2D eigenvalue weighted by molar-refractivity contribution is -0.157. The second-order valence-electron chi connectivity index (χ2n) is 8.47. The Morgan fingerprint density at radius 2 is 1.79 bits per heavy atom. The summed E-state index contributed by atoms with van der Waals surface area (Å²) in [6, 6.07) is 3.54. The molecule has 0 spiro atoms. The van der Waals surface area contributed by atoms with Crippen molar-refractivity contribution in [3.63, 3.8) is 0 Å². The van der Waals surface area contributed by atoms with Gasteiger partial charge in [0.25, 0.3) is 5.91 Å². The standard InChI is InChI=1S/C21H24BBrFNO9/c1-11(2)5-12(22-33-20(32)21(34-22,8-17(27)28)9-18(29)30)6-14(26)10-25-19(31)15-7-13(24)3-4-16(15)23/h3-4,7,11-12H,5-6,8-10H2,1-2H3,(H,25,31)(H,27,28)(H,29,30)/t12-/m1/s1. The fraction of sp³-hybridized carbons (Fsp3) is 0.476. The van der Waals surface area contributed by atoms with Crippen molar-refractivity contribution in [2.24, 2.45) is 5.92 Å². The van der Waals surface area contributed by atoms with E-state index in [1.54, 1.807) is 0 Å². The maximum Gasteiger partial charge on any atom is 0.531 e. The fourth-order valence-corrected chi connectivity index (χ4v) is 4.11. The largest absolute Gasteiger partial charge is 0.531 e. The molecule has 1 aromatic carbocycles. The van der Waals surface area contributed by atoms with E-state index in [4.69, 9.17) is 19.5 Å². The Balaban J connectivity index is 2.10. The van der Waals surface area contributed by atoms with Crippen LogP contribution in [-0.2, 0) is 28.5 Å². The van der Waals surface area contributed by atoms with Crippen molar-refractivity contribution in [3.8, 4) is 0 Å². The van der Waals surface area contributed by atoms with Gasteiger partial charge in [-0.05, 0) is 46.5 Å². The van der Waals surface area contributed by atoms with E-state index in [0.717, 1.165) is 6.07 Å². The number of carbonyl (C=O) groups excluding carboxylic acids is 3. The van der Waals surface area contributed by atoms with Crippen LogP contribution in [0.15, 0.2) is 22.7 Å². The van der Waals surface area contributed by atoms with E-state index in [1.807, 2.05) is 13.8 Å². The topological polar surface area (TPSA) is 156 Å². The van der Waals surface area contributed by atoms with Gasteiger partial charge >= 0.3 is 25.0 Å². The third-order valence-electron chi connectivity index (χ3n) is 5.08. The molecule has 1 fully saturated rings. The molecule has 0 aromatic heterocycles. The first-order valence-electron chi connectivity index (χ1n) is 10.4. The molecule has 1 aliphatic heterocycles. The molecule has 0 radical (unpaired) electrons. The normalized spacial score (nSPS) is 15.7. The van der Waals surface area contributed by atoms with Crippen LogP contribution in [0.2, 0.25) is 5.82 Å². The maximum absolute atomic E-state index is 13.4. The Hall–Kier alpha value is -2.80. The highest BCUT2D eigenvalue weighted by Crippen LogP contribution is 2.38. The summed E-state index contributed by atoms with van der Waals surface area (Å²) in [5, 5.41) is 20.7. The monoisotopic (exact) mass is 543 g/mol. The summed E-state index contributed by atoms with van der Waals surface area (Å²) in [6.45, 7) is 3.30. The summed E-state index contributed by atoms with van der Waals surface area (Å²) in [4.78, 5) is 59.8. The van der Waals surface area contributed by atoms with Crippen molar-refractivity contribution in [1.82, 2.24) is 5.32 Å². The van der Waals surface area contributed by atoms with Crippen LogP contribution in [0.25, 0.3) is 0 Å². The van der Waals surface area contributed by atoms with E-state index in [1.165, 1.54) is 12.1 Å². The van der Waals surface area contributed by atoms with Gasteiger partial charge in [0.15, 0.2) is 11.4 Å². The van der Waals surface area contributed by atoms with E-state index in [-0.39, 0.29) is 17.9 Å². The summed E-state index contributed by atoms with van der Waals surface area (Å²) >= 11 is 3.14. The van der Waals surface area contributed by atoms with Gasteiger partial charge in [0.05, 0.1) is 24.9 Å². The van der Waals surface area contributed by atoms with Crippen molar-refractivity contribution >= 4 is 52.6 Å². The molecule has 1 aliphatic rings. The molecule has 0 aliphatic carbocycles. The summed E-state index contributed by atoms with van der Waals surface area (Å²) < 4.78 is 24.5. The zero-order valence-corrected chi connectivity index (χ0v) is 20.1. The van der Waals surface area contributed by atoms with Gasteiger partial charge in [-0.15, -0.1) is 0 Å². The highest BCUT2D eigenvalue weighted by atomic mass is 79.9. The summed E-state index contributed by atoms with van der Waals surface area (Å²) in [5.74, 6) is -6.43. The number of amides is 1. The van der Waals surface area contributed by atoms with Gasteiger partial charge in [-0.3, -0.25) is 24.0 Å². The van der Waals surface area contributed by atoms with Crippen LogP contribution in [0.3, 0.4) is 0 Å². The highest BCUT2D eigenvalue weighted by molar-refractivity contribution is 9.10. The number of aliphatic carboxylic acids is 2. The molecule has 0 unspecified atom stereocenters. The van der Waals surface area contributed by atoms with Crippen LogP contribution >= 0.6 is 15.9 Å². The zero-order chi connectivity index (χ0) is 25.6. The number of rotatable bonds is 12. The first-order valence-corrected chi connectivity index (χ1v) is 11.2. The van der Waals surface area contributed by atoms with Gasteiger partial charge in [0.1, 0.15) is 5.82 Å². The minimum atomic E-state index is -2.20. The molecule has 13 heteroatoms. The predicted octanol–water partition coefficient (Wildman–Crippen LogP) is 2.44. The van der Waals surface area contributed by atoms with Crippen molar-refractivity contribution in [2.45, 2.75) is 50.9 Å². The molecule has 1 aromatic rings. The van der Waals surface area contributed by atoms with Crippen LogP contribution in [-0.4, -0.2) is 59.1 Å². The Kier molecular flexibility index (Phi) is 9.33. The summed E-state index contributed by atoms with van der Waals surface area (Å²) in [5.41, 5.74) is -2.19. The maximum atomic E-state index is 13.4. The van der Waals surface area contributed by atoms with Gasteiger partial charge in [-0.2, -0.15) is 0 Å². The number of carboxylic acids is 2. The molecular weight excluding hydrogens is 520 g/mol. The summed E-state index contributed by atoms with van der Waals surface area (Å²) in [7, 11) is -1.33. The van der Waals surface area contributed by atoms with E-state index in [9.17, 15) is 28.4 Å². The van der Waals surface area contributed by atoms with Gasteiger partial charge < -0.3 is 24.8 Å². The summed E-state index contributed by atoms with van der Waals surface area (Å²) in [6.07, 6.45) is -1.68. The fourth-order valence-electron chi connectivity index (χ4n) is 3.68. The number of halogens is 2. The number of benzene rings is 1. The number of Topliss-reactive ketones (excluding diaryl/α,β-unsaturated/α-hetero) is 1. The highest BCUT2D eigenvalue weighted by Gasteiger charge is 2.57. The van der Waals surface area contributed by atoms with E-state index < -0.39 is 73.3 Å². The Labute approximate surface area is 203 Å². The third kappa shape index (κ3) is 7.35. The van der Waals surface area contributed by atoms with Crippen molar-refractivity contribution < 1.29 is 47.9 Å². The molecule has 1 heterocycles. The number of hydrogen-bond donors (Lipinski definition) is 3. The Bertz CT molecular complexity index is 971. The van der Waals surface area contributed by atoms with Gasteiger partial charge in [0, 0.05) is 16.7 Å². The predicted molar refractivity (Wildman–Crippen MR) is 119 cm³/mol. The average Bonchev–Trinajstić information content (AvgIpc) is 3.01. The molecule has 1 amide bonds. The van der Waals surface area contributed by atoms with E-state index in [2.05, 4.69) is 21.2 Å². The number of nitrogens with one attached hydrogen (secondary N) is 1. The zero-order valence-electron chi connectivity index (χ0n) is 18.5. The van der Waals surface area contributed by atoms with Crippen LogP contribution in [0, 0.1) is 11.7 Å². The SMILES string of the molecule is CC(C)C[C@H](CC(=O)CNC(=O)c1cc(F)ccc1Br)B1OC(=O)C(CC(=O)O)(CC(=O)O)O1. The molecule has 3 N–H and O–H groups in total. The average molecular weight is 544 g/mol. The molecule has 10 nitrogen and oxygen atoms in total. The third-order valence-corrected chi connectivity index (χ3v) is 5.77. The van der Waals surface area contributed by atoms with Crippen LogP contribution in [0.4, 0.5) is 4.39 Å². The Morgan fingerprint density at radius 3 is 2.35 bits per heavy atom. The van der Waals surface area contributed by atoms with Crippen LogP contribution in [0.1, 0.15) is 49.9 Å². The molecule has 2 rings (SSSR count). The van der Waals surface area contributed by atoms with Gasteiger partial charge in [-0.1, -0.05) is 13.8 Å². The van der Waals surface area contributed by atoms with E-state index in [0.29, 0.717) is 10.9 Å². The molecule has 1 saturated heterocycles. The second kappa shape index (κ2) is 11.6. The lowest BCUT2D eigenvalue weighted by Gasteiger charge is -2.23. The minimum absolute atomic E-state index is 0.00621. The first kappa shape index (κ1) is 27.4. The van der Waals surface area contributed by atoms with Crippen LogP contribution < -0.4 is 5.32 Å². The number of carbonyl (C=O) groups is 5. The number of ketones is 1. The number of carboxylic acid groups (broad SMARTS) is 2. The molecule has 184 valence electrons. The Morgan fingerprint density at radius 1 is 1.18 bits per heavy atom. The van der Waals surface area contributed by atoms with Gasteiger partial charge in [0.2, 0.25) is 0 Å². The number of hydrogen-bond acceptors (Lipinski definition) is 7. The van der Waals surface area contributed by atoms with Crippen molar-refractivity contribution in [1.29, 1.82) is 0 Å². The lowest BCUT2D eigenvalue weighted by atomic mass is 9.65. The molecule has 0 bridgehead atoms. The van der Waals surface area contributed by atoms with Crippen molar-refractivity contribution in [2.75, 3.05) is 6.54 Å². The quantitative estimate of drug-likeness (QED) is 0.337. The second-order valence-corrected chi connectivity index (χ2v) is 9.32. The minimum Gasteiger partial charge on any atom is -0.507 e. The molecular formula is C21H24BBrFNO9. The van der Waals surface area contributed by atoms with Gasteiger partial charge in [-0.25, -0.2) is 4.39 Å². The lowest BCUT2D eigenvalue weighted by Crippen LogP contribution is -2.42. The molecule has 0 saturated carbocycles. The first-order chi connectivity index (χ1) is 15.8. The van der Waals surface area contributed by atoms with E-state index >= 15 is 0 Å². The van der Waals surface area contributed by atoms with Crippen molar-refractivity contribution in [3.05, 3.63) is 34.1 Å².